The van der Waals surface area contributed by atoms with E-state index in [1.807, 2.05) is 15.9 Å². The van der Waals surface area contributed by atoms with Crippen LogP contribution in [0.5, 0.6) is 0 Å². The van der Waals surface area contributed by atoms with Gasteiger partial charge in [-0.1, -0.05) is 31.4 Å². The summed E-state index contributed by atoms with van der Waals surface area (Å²) in [6.07, 6.45) is 0. The number of nitrogens with zero attached hydrogens (tertiary/aromatic N) is 2. The minimum atomic E-state index is -1.05. The zero-order valence-electron chi connectivity index (χ0n) is 22.3. The predicted molar refractivity (Wildman–Crippen MR) is 160 cm³/mol. The number of anilines is 2. The van der Waals surface area contributed by atoms with Gasteiger partial charge >= 0.3 is 0 Å². The second-order valence-electron chi connectivity index (χ2n) is 9.41. The molecule has 4 rings (SSSR count). The van der Waals surface area contributed by atoms with Crippen molar-refractivity contribution in [3.05, 3.63) is 95.3 Å². The lowest BCUT2D eigenvalue weighted by molar-refractivity contribution is -0.130. The standard InChI is InChI=1S/C30H31FN6O4.CH4/c31-25-3-1-2-4-27(25)37-17-15-36(16-18-37)20-28(38)33-24-13-9-22(10-14-24)6-5-21-7-11-23(12-8-21)29(39)34-26(19-32)30(40)35-41;/h1-4,7-14,26,41H,15-20,32H2,(H,33,38)(H,34,39)(H,35,40);1H4/t26-;/m0./s1. The smallest absolute Gasteiger partial charge is 0.267 e. The number of para-hydroxylation sites is 1. The first-order valence-electron chi connectivity index (χ1n) is 13.0. The number of rotatable bonds is 8. The first kappa shape index (κ1) is 31.8. The third-order valence-corrected chi connectivity index (χ3v) is 6.57. The number of carbonyl (C=O) groups is 3. The predicted octanol–water partition coefficient (Wildman–Crippen LogP) is 2.18. The van der Waals surface area contributed by atoms with Gasteiger partial charge in [0.05, 0.1) is 12.2 Å². The molecule has 3 aromatic carbocycles. The van der Waals surface area contributed by atoms with Crippen molar-refractivity contribution in [1.82, 2.24) is 15.7 Å². The molecule has 220 valence electrons. The minimum absolute atomic E-state index is 0. The van der Waals surface area contributed by atoms with Crippen molar-refractivity contribution < 1.29 is 24.0 Å². The first-order valence-corrected chi connectivity index (χ1v) is 13.0. The van der Waals surface area contributed by atoms with Crippen molar-refractivity contribution >= 4 is 29.1 Å². The van der Waals surface area contributed by atoms with Crippen LogP contribution in [0.3, 0.4) is 0 Å². The molecular formula is C31H35FN6O4. The number of hydrogen-bond acceptors (Lipinski definition) is 7. The van der Waals surface area contributed by atoms with Crippen LogP contribution in [0.1, 0.15) is 28.9 Å². The molecule has 10 nitrogen and oxygen atoms in total. The van der Waals surface area contributed by atoms with Crippen molar-refractivity contribution in [2.45, 2.75) is 13.5 Å². The number of benzene rings is 3. The van der Waals surface area contributed by atoms with Crippen molar-refractivity contribution in [3.63, 3.8) is 0 Å². The number of carbonyl (C=O) groups excluding carboxylic acids is 3. The number of nitrogens with one attached hydrogen (secondary N) is 3. The van der Waals surface area contributed by atoms with Crippen LogP contribution in [0.4, 0.5) is 15.8 Å². The van der Waals surface area contributed by atoms with Gasteiger partial charge in [-0.15, -0.1) is 0 Å². The van der Waals surface area contributed by atoms with E-state index in [0.717, 1.165) is 5.56 Å². The maximum absolute atomic E-state index is 14.0. The van der Waals surface area contributed by atoms with Gasteiger partial charge in [-0.3, -0.25) is 24.5 Å². The Kier molecular flexibility index (Phi) is 11.6. The van der Waals surface area contributed by atoms with Gasteiger partial charge in [0.1, 0.15) is 11.9 Å². The van der Waals surface area contributed by atoms with E-state index in [1.54, 1.807) is 60.7 Å². The Balaban J connectivity index is 0.00000484. The van der Waals surface area contributed by atoms with Crippen LogP contribution < -0.4 is 26.7 Å². The summed E-state index contributed by atoms with van der Waals surface area (Å²) in [5.41, 5.74) is 9.90. The molecule has 0 aliphatic carbocycles. The normalized spacial score (nSPS) is 13.5. The van der Waals surface area contributed by atoms with Crippen LogP contribution >= 0.6 is 0 Å². The topological polar surface area (TPSA) is 140 Å². The Morgan fingerprint density at radius 1 is 0.905 bits per heavy atom. The molecule has 1 fully saturated rings. The lowest BCUT2D eigenvalue weighted by atomic mass is 10.1. The van der Waals surface area contributed by atoms with Crippen LogP contribution in [0, 0.1) is 17.7 Å². The van der Waals surface area contributed by atoms with Crippen molar-refractivity contribution in [2.24, 2.45) is 5.73 Å². The Hall–Kier alpha value is -4.76. The molecule has 11 heteroatoms. The van der Waals surface area contributed by atoms with Crippen LogP contribution in [0.25, 0.3) is 0 Å². The average molecular weight is 575 g/mol. The molecule has 0 aromatic heterocycles. The van der Waals surface area contributed by atoms with Gasteiger partial charge in [0.15, 0.2) is 0 Å². The summed E-state index contributed by atoms with van der Waals surface area (Å²) < 4.78 is 14.0. The van der Waals surface area contributed by atoms with Crippen LogP contribution in [-0.4, -0.2) is 73.1 Å². The maximum Gasteiger partial charge on any atom is 0.267 e. The fraction of sp³-hybridized carbons (Fsp3) is 0.258. The summed E-state index contributed by atoms with van der Waals surface area (Å²) in [5, 5.41) is 14.1. The minimum Gasteiger partial charge on any atom is -0.367 e. The second kappa shape index (κ2) is 15.3. The van der Waals surface area contributed by atoms with E-state index in [-0.39, 0.29) is 32.2 Å². The number of amides is 3. The average Bonchev–Trinajstić information content (AvgIpc) is 3.00. The Morgan fingerprint density at radius 2 is 1.50 bits per heavy atom. The largest absolute Gasteiger partial charge is 0.367 e. The Labute approximate surface area is 244 Å². The maximum atomic E-state index is 14.0. The van der Waals surface area contributed by atoms with Crippen LogP contribution in [0.2, 0.25) is 0 Å². The van der Waals surface area contributed by atoms with Gasteiger partial charge in [-0.25, -0.2) is 9.87 Å². The number of hydroxylamine groups is 1. The third-order valence-electron chi connectivity index (χ3n) is 6.57. The molecule has 0 unspecified atom stereocenters. The molecule has 0 spiro atoms. The van der Waals surface area contributed by atoms with E-state index in [1.165, 1.54) is 11.5 Å². The number of halogens is 1. The quantitative estimate of drug-likeness (QED) is 0.158. The lowest BCUT2D eigenvalue weighted by Crippen LogP contribution is -2.50. The molecule has 3 amide bonds. The van der Waals surface area contributed by atoms with E-state index >= 15 is 0 Å². The Bertz CT molecular complexity index is 1430. The molecule has 1 heterocycles. The van der Waals surface area contributed by atoms with Crippen LogP contribution in [-0.2, 0) is 9.59 Å². The fourth-order valence-electron chi connectivity index (χ4n) is 4.30. The van der Waals surface area contributed by atoms with Gasteiger partial charge in [0.25, 0.3) is 11.8 Å². The summed E-state index contributed by atoms with van der Waals surface area (Å²) in [6.45, 7) is 2.71. The van der Waals surface area contributed by atoms with E-state index in [9.17, 15) is 18.8 Å². The van der Waals surface area contributed by atoms with Gasteiger partial charge in [0, 0.05) is 55.1 Å². The van der Waals surface area contributed by atoms with Gasteiger partial charge in [0.2, 0.25) is 5.91 Å². The highest BCUT2D eigenvalue weighted by Gasteiger charge is 2.21. The summed E-state index contributed by atoms with van der Waals surface area (Å²) in [4.78, 5) is 40.4. The molecule has 1 aliphatic rings. The molecular weight excluding hydrogens is 539 g/mol. The molecule has 1 atom stereocenters. The van der Waals surface area contributed by atoms with E-state index in [0.29, 0.717) is 48.7 Å². The van der Waals surface area contributed by atoms with E-state index < -0.39 is 17.9 Å². The molecule has 6 N–H and O–H groups in total. The highest BCUT2D eigenvalue weighted by atomic mass is 19.1. The van der Waals surface area contributed by atoms with Crippen molar-refractivity contribution in [3.8, 4) is 11.8 Å². The molecule has 0 bridgehead atoms. The van der Waals surface area contributed by atoms with Gasteiger partial charge < -0.3 is 21.3 Å². The van der Waals surface area contributed by atoms with Gasteiger partial charge in [-0.05, 0) is 60.7 Å². The van der Waals surface area contributed by atoms with Crippen molar-refractivity contribution in [1.29, 1.82) is 0 Å². The molecule has 0 radical (unpaired) electrons. The summed E-state index contributed by atoms with van der Waals surface area (Å²) >= 11 is 0. The zero-order valence-corrected chi connectivity index (χ0v) is 22.3. The lowest BCUT2D eigenvalue weighted by Gasteiger charge is -2.35. The van der Waals surface area contributed by atoms with E-state index in [4.69, 9.17) is 10.9 Å². The second-order valence-corrected chi connectivity index (χ2v) is 9.41. The summed E-state index contributed by atoms with van der Waals surface area (Å²) in [5.74, 6) is 4.39. The fourth-order valence-corrected chi connectivity index (χ4v) is 4.30. The molecule has 0 saturated carbocycles. The molecule has 1 saturated heterocycles. The third kappa shape index (κ3) is 8.62. The van der Waals surface area contributed by atoms with Gasteiger partial charge in [-0.2, -0.15) is 0 Å². The first-order chi connectivity index (χ1) is 19.9. The number of piperazine rings is 1. The summed E-state index contributed by atoms with van der Waals surface area (Å²) in [7, 11) is 0. The Morgan fingerprint density at radius 3 is 2.07 bits per heavy atom. The van der Waals surface area contributed by atoms with Crippen LogP contribution in [0.15, 0.2) is 72.8 Å². The van der Waals surface area contributed by atoms with E-state index in [2.05, 4.69) is 22.5 Å². The number of hydrogen-bond donors (Lipinski definition) is 5. The number of nitrogens with two attached hydrogens (primary N) is 1. The molecule has 1 aliphatic heterocycles. The monoisotopic (exact) mass is 574 g/mol. The SMILES string of the molecule is C.NC[C@H](NC(=O)c1ccc(C#Cc2ccc(NC(=O)CN3CCN(c4ccccc4F)CC3)cc2)cc1)C(=O)NO. The molecule has 42 heavy (non-hydrogen) atoms. The summed E-state index contributed by atoms with van der Waals surface area (Å²) in [6, 6.07) is 19.3. The highest BCUT2D eigenvalue weighted by molar-refractivity contribution is 5.97. The zero-order chi connectivity index (χ0) is 29.2. The molecule has 3 aromatic rings. The highest BCUT2D eigenvalue weighted by Crippen LogP contribution is 2.20. The van der Waals surface area contributed by atoms with Crippen molar-refractivity contribution in [2.75, 3.05) is 49.5 Å².